The smallest absolute Gasteiger partial charge is 0.303 e. The molecule has 1 aromatic rings. The van der Waals surface area contributed by atoms with Crippen LogP contribution in [-0.2, 0) is 27.3 Å². The molecule has 65 heavy (non-hydrogen) atoms. The van der Waals surface area contributed by atoms with Gasteiger partial charge in [0.2, 0.25) is 5.91 Å². The van der Waals surface area contributed by atoms with Crippen molar-refractivity contribution in [3.8, 4) is 11.5 Å². The van der Waals surface area contributed by atoms with Crippen LogP contribution in [-0.4, -0.2) is 81.0 Å². The van der Waals surface area contributed by atoms with E-state index in [1.54, 1.807) is 0 Å². The number of fused-ring (bicyclic) bond motifs is 14. The lowest BCUT2D eigenvalue weighted by molar-refractivity contribution is -0.168. The van der Waals surface area contributed by atoms with Crippen LogP contribution < -0.4 is 26.8 Å². The zero-order valence-corrected chi connectivity index (χ0v) is 40.3. The number of dihydropyridines is 1. The van der Waals surface area contributed by atoms with Gasteiger partial charge in [0, 0.05) is 79.6 Å². The number of phenols is 1. The fourth-order valence-corrected chi connectivity index (χ4v) is 17.0. The number of hydrogen-bond donors (Lipinski definition) is 6. The summed E-state index contributed by atoms with van der Waals surface area (Å²) in [4.78, 5) is 33.9. The van der Waals surface area contributed by atoms with Crippen molar-refractivity contribution in [1.29, 1.82) is 0 Å². The Balaban J connectivity index is 1.05. The summed E-state index contributed by atoms with van der Waals surface area (Å²) in [5.74, 6) is 2.90. The zero-order valence-electron chi connectivity index (χ0n) is 38.7. The van der Waals surface area contributed by atoms with Gasteiger partial charge in [-0.2, -0.15) is 0 Å². The molecule has 5 fully saturated rings. The number of aryl methyl sites for hydroxylation is 1. The van der Waals surface area contributed by atoms with Crippen molar-refractivity contribution in [2.24, 2.45) is 39.1 Å². The number of aliphatic hydroxyl groups is 1. The van der Waals surface area contributed by atoms with Gasteiger partial charge in [0.25, 0.3) is 0 Å². The van der Waals surface area contributed by atoms with Crippen molar-refractivity contribution in [2.75, 3.05) is 25.4 Å². The van der Waals surface area contributed by atoms with Crippen molar-refractivity contribution in [3.05, 3.63) is 52.4 Å². The van der Waals surface area contributed by atoms with E-state index in [4.69, 9.17) is 25.9 Å². The van der Waals surface area contributed by atoms with Crippen molar-refractivity contribution in [1.82, 2.24) is 15.5 Å². The second-order valence-corrected chi connectivity index (χ2v) is 23.9. The van der Waals surface area contributed by atoms with Crippen LogP contribution in [0.1, 0.15) is 158 Å². The average molecular weight is 931 g/mol. The van der Waals surface area contributed by atoms with E-state index in [1.807, 2.05) is 38.6 Å². The summed E-state index contributed by atoms with van der Waals surface area (Å²) in [6.45, 7) is 3.33. The largest absolute Gasteiger partial charge is 0.504 e. The molecular formula is C51H74N6O6S2. The quantitative estimate of drug-likeness (QED) is 0.126. The zero-order chi connectivity index (χ0) is 45.2. The number of carbonyl (C=O) groups is 2. The Morgan fingerprint density at radius 3 is 2.66 bits per heavy atom. The average Bonchev–Trinajstić information content (AvgIpc) is 4.04. The van der Waals surface area contributed by atoms with Gasteiger partial charge >= 0.3 is 5.97 Å². The first-order chi connectivity index (χ1) is 31.4. The molecule has 7 atom stereocenters. The number of guanidine groups is 1. The molecule has 0 aromatic heterocycles. The van der Waals surface area contributed by atoms with Crippen molar-refractivity contribution < 1.29 is 29.3 Å². The van der Waals surface area contributed by atoms with Gasteiger partial charge in [0.15, 0.2) is 17.5 Å². The van der Waals surface area contributed by atoms with Crippen LogP contribution in [0.4, 0.5) is 0 Å². The third kappa shape index (κ3) is 10.1. The van der Waals surface area contributed by atoms with Crippen LogP contribution in [0.5, 0.6) is 11.5 Å². The molecule has 0 radical (unpaired) electrons. The molecule has 8 N–H and O–H groups in total. The maximum absolute atomic E-state index is 14.4. The Hall–Kier alpha value is -3.49. The van der Waals surface area contributed by atoms with Crippen molar-refractivity contribution >= 4 is 45.5 Å². The lowest BCUT2D eigenvalue weighted by Crippen LogP contribution is -2.55. The minimum Gasteiger partial charge on any atom is -0.504 e. The minimum absolute atomic E-state index is 0.0276. The summed E-state index contributed by atoms with van der Waals surface area (Å²) in [5, 5.41) is 30.9. The predicted molar refractivity (Wildman–Crippen MR) is 261 cm³/mol. The number of amides is 1. The molecule has 1 amide bonds. The first kappa shape index (κ1) is 46.6. The highest BCUT2D eigenvalue weighted by atomic mass is 33.1. The SMILES string of the molecule is CC(=O)OC12CCc3cc(c(O)c4c3C=CC3CCCC3O4)CN3CC(CC4=CCNC(N)=C4)(CCN=C(N)NC4(CCCC45CCCC5)SSCCCCCC(CC1)C(O)C2)CC3=O. The number of aromatic hydroxyl groups is 1. The highest BCUT2D eigenvalue weighted by molar-refractivity contribution is 8.77. The number of nitrogens with zero attached hydrogens (tertiary/aromatic N) is 2. The topological polar surface area (TPSA) is 185 Å². The Bertz CT molecular complexity index is 2060. The standard InChI is InChI=1S/C51H74N6O6S2/c1-34(58)63-50-21-14-36(41(59)30-50)9-3-2-6-26-64-65-51(20-8-19-49(51)17-4-5-18-49)56-47(53)55-25-23-48(29-35-16-24-54-43(52)27-35)31-44(60)57(33-48)32-39-28-38(15-22-50)40-13-12-37-10-7-11-42(37)62-46(40)45(39)61/h12-13,16,27-28,36-37,41-42,54,59,61H,2-11,14-15,17-26,29-33,52H2,1H3,(H3,53,55,56). The van der Waals surface area contributed by atoms with E-state index in [9.17, 15) is 19.8 Å². The Morgan fingerprint density at radius 2 is 1.85 bits per heavy atom. The number of phenolic OH excluding ortho intramolecular Hbond substituents is 1. The molecule has 4 aliphatic carbocycles. The highest BCUT2D eigenvalue weighted by Gasteiger charge is 2.57. The van der Waals surface area contributed by atoms with Gasteiger partial charge in [0.1, 0.15) is 16.6 Å². The first-order valence-electron chi connectivity index (χ1n) is 25.0. The number of esters is 1. The number of rotatable bonds is 3. The van der Waals surface area contributed by atoms with E-state index in [-0.39, 0.29) is 52.4 Å². The van der Waals surface area contributed by atoms with Crippen molar-refractivity contribution in [3.63, 3.8) is 0 Å². The number of allylic oxidation sites excluding steroid dienone is 2. The Labute approximate surface area is 394 Å². The molecule has 9 aliphatic rings. The molecule has 5 aliphatic heterocycles. The van der Waals surface area contributed by atoms with E-state index in [0.29, 0.717) is 87.7 Å². The molecule has 356 valence electrons. The van der Waals surface area contributed by atoms with Crippen LogP contribution >= 0.6 is 21.6 Å². The van der Waals surface area contributed by atoms with Gasteiger partial charge in [-0.15, -0.1) is 0 Å². The van der Waals surface area contributed by atoms with Crippen LogP contribution in [0.3, 0.4) is 0 Å². The highest BCUT2D eigenvalue weighted by Crippen LogP contribution is 2.63. The fraction of sp³-hybridized carbons (Fsp3) is 0.706. The molecule has 10 rings (SSSR count). The fourth-order valence-electron chi connectivity index (χ4n) is 13.4. The van der Waals surface area contributed by atoms with Gasteiger partial charge in [-0.25, -0.2) is 0 Å². The summed E-state index contributed by atoms with van der Waals surface area (Å²) in [7, 11) is 3.98. The predicted octanol–water partition coefficient (Wildman–Crippen LogP) is 8.49. The Morgan fingerprint density at radius 1 is 1.00 bits per heavy atom. The molecule has 14 heteroatoms. The molecule has 12 nitrogen and oxygen atoms in total. The second kappa shape index (κ2) is 19.6. The molecule has 5 heterocycles. The number of ether oxygens (including phenoxy) is 2. The number of carbonyl (C=O) groups excluding carboxylic acids is 2. The number of nitrogens with two attached hydrogens (primary N) is 2. The first-order valence-corrected chi connectivity index (χ1v) is 27.4. The summed E-state index contributed by atoms with van der Waals surface area (Å²) >= 11 is 0. The van der Waals surface area contributed by atoms with E-state index in [2.05, 4.69) is 28.9 Å². The monoisotopic (exact) mass is 931 g/mol. The molecule has 1 saturated heterocycles. The molecule has 4 saturated carbocycles. The van der Waals surface area contributed by atoms with E-state index in [1.165, 1.54) is 45.4 Å². The summed E-state index contributed by atoms with van der Waals surface area (Å²) in [6.07, 6.45) is 28.3. The number of nitrogens with one attached hydrogen (secondary N) is 2. The van der Waals surface area contributed by atoms with Crippen LogP contribution in [0.2, 0.25) is 0 Å². The van der Waals surface area contributed by atoms with Crippen molar-refractivity contribution in [2.45, 2.75) is 177 Å². The van der Waals surface area contributed by atoms with Gasteiger partial charge in [-0.3, -0.25) is 14.6 Å². The minimum atomic E-state index is -0.796. The molecular weight excluding hydrogens is 857 g/mol. The molecule has 7 unspecified atom stereocenters. The number of aliphatic hydroxyl groups excluding tert-OH is 1. The summed E-state index contributed by atoms with van der Waals surface area (Å²) in [5.41, 5.74) is 15.8. The summed E-state index contributed by atoms with van der Waals surface area (Å²) < 4.78 is 13.0. The van der Waals surface area contributed by atoms with Gasteiger partial charge in [-0.1, -0.05) is 65.5 Å². The van der Waals surface area contributed by atoms with E-state index < -0.39 is 17.1 Å². The normalized spacial score (nSPS) is 34.4. The lowest BCUT2D eigenvalue weighted by Gasteiger charge is -2.44. The third-order valence-corrected chi connectivity index (χ3v) is 20.1. The number of benzene rings is 1. The van der Waals surface area contributed by atoms with Gasteiger partial charge in [0.05, 0.1) is 11.9 Å². The summed E-state index contributed by atoms with van der Waals surface area (Å²) in [6, 6.07) is 2.05. The third-order valence-electron chi connectivity index (χ3n) is 16.8. The van der Waals surface area contributed by atoms with Crippen LogP contribution in [0.25, 0.3) is 6.08 Å². The second-order valence-electron chi connectivity index (χ2n) is 21.2. The van der Waals surface area contributed by atoms with Crippen LogP contribution in [0.15, 0.2) is 40.7 Å². The van der Waals surface area contributed by atoms with E-state index in [0.717, 1.165) is 80.2 Å². The number of hydrogen-bond acceptors (Lipinski definition) is 13. The Kier molecular flexibility index (Phi) is 14.1. The molecule has 1 aromatic carbocycles. The van der Waals surface area contributed by atoms with Gasteiger partial charge in [-0.05, 0) is 132 Å². The van der Waals surface area contributed by atoms with Gasteiger partial charge < -0.3 is 46.7 Å². The maximum Gasteiger partial charge on any atom is 0.303 e. The van der Waals surface area contributed by atoms with Crippen LogP contribution in [0, 0.1) is 22.7 Å². The van der Waals surface area contributed by atoms with E-state index >= 15 is 0 Å². The molecule has 6 bridgehead atoms. The number of aliphatic imine (C=N–C) groups is 1. The molecule has 2 spiro atoms. The maximum atomic E-state index is 14.4. The lowest BCUT2D eigenvalue weighted by atomic mass is 9.72.